The first-order valence-electron chi connectivity index (χ1n) is 5.29. The number of aromatic nitrogens is 2. The van der Waals surface area contributed by atoms with Crippen molar-refractivity contribution in [1.29, 1.82) is 0 Å². The van der Waals surface area contributed by atoms with Crippen molar-refractivity contribution < 1.29 is 13.5 Å². The molecule has 4 nitrogen and oxygen atoms in total. The summed E-state index contributed by atoms with van der Waals surface area (Å²) in [6, 6.07) is 6.20. The van der Waals surface area contributed by atoms with Crippen LogP contribution in [0.5, 0.6) is 11.6 Å². The Hall–Kier alpha value is -2.08. The maximum atomic E-state index is 13.3. The zero-order valence-corrected chi connectivity index (χ0v) is 9.65. The Morgan fingerprint density at radius 3 is 2.67 bits per heavy atom. The topological polar surface area (TPSA) is 47.0 Å². The average Bonchev–Trinajstić information content (AvgIpc) is 2.37. The Morgan fingerprint density at radius 1 is 1.17 bits per heavy atom. The molecule has 1 aromatic heterocycles. The van der Waals surface area contributed by atoms with Gasteiger partial charge in [-0.3, -0.25) is 0 Å². The minimum absolute atomic E-state index is 0.111. The second-order valence-electron chi connectivity index (χ2n) is 3.57. The molecule has 0 saturated heterocycles. The van der Waals surface area contributed by atoms with Gasteiger partial charge in [0.2, 0.25) is 5.88 Å². The molecule has 1 aromatic carbocycles. The molecule has 6 heteroatoms. The molecule has 0 spiro atoms. The molecule has 2 aromatic rings. The lowest BCUT2D eigenvalue weighted by molar-refractivity contribution is 0.416. The van der Waals surface area contributed by atoms with E-state index in [1.54, 1.807) is 19.2 Å². The van der Waals surface area contributed by atoms with Gasteiger partial charge in [-0.25, -0.2) is 8.78 Å². The van der Waals surface area contributed by atoms with Crippen molar-refractivity contribution in [3.05, 3.63) is 47.7 Å². The summed E-state index contributed by atoms with van der Waals surface area (Å²) in [7, 11) is 1.79. The first-order chi connectivity index (χ1) is 8.69. The van der Waals surface area contributed by atoms with Gasteiger partial charge >= 0.3 is 0 Å². The maximum absolute atomic E-state index is 13.3. The molecule has 1 N–H and O–H groups in total. The quantitative estimate of drug-likeness (QED) is 0.905. The van der Waals surface area contributed by atoms with Crippen LogP contribution >= 0.6 is 0 Å². The van der Waals surface area contributed by atoms with E-state index in [9.17, 15) is 8.78 Å². The third-order valence-corrected chi connectivity index (χ3v) is 2.16. The molecule has 94 valence electrons. The molecule has 18 heavy (non-hydrogen) atoms. The van der Waals surface area contributed by atoms with Gasteiger partial charge in [-0.1, -0.05) is 0 Å². The molecule has 0 amide bonds. The van der Waals surface area contributed by atoms with E-state index in [0.717, 1.165) is 23.9 Å². The van der Waals surface area contributed by atoms with Crippen LogP contribution in [0.15, 0.2) is 30.3 Å². The summed E-state index contributed by atoms with van der Waals surface area (Å²) in [5.74, 6) is -1.34. The number of hydrogen-bond acceptors (Lipinski definition) is 4. The molecule has 0 saturated carbocycles. The molecular weight excluding hydrogens is 240 g/mol. The molecule has 1 heterocycles. The monoisotopic (exact) mass is 251 g/mol. The van der Waals surface area contributed by atoms with Crippen molar-refractivity contribution in [2.24, 2.45) is 0 Å². The summed E-state index contributed by atoms with van der Waals surface area (Å²) >= 11 is 0. The molecular formula is C12H11F2N3O. The van der Waals surface area contributed by atoms with E-state index in [1.807, 2.05) is 0 Å². The van der Waals surface area contributed by atoms with Gasteiger partial charge in [0, 0.05) is 18.7 Å². The van der Waals surface area contributed by atoms with E-state index in [2.05, 4.69) is 15.5 Å². The smallest absolute Gasteiger partial charge is 0.239 e. The average molecular weight is 251 g/mol. The highest BCUT2D eigenvalue weighted by atomic mass is 19.1. The molecule has 2 rings (SSSR count). The Morgan fingerprint density at radius 2 is 2.00 bits per heavy atom. The number of nitrogens with zero attached hydrogens (tertiary/aromatic N) is 2. The van der Waals surface area contributed by atoms with Gasteiger partial charge in [-0.05, 0) is 25.2 Å². The third kappa shape index (κ3) is 2.98. The highest BCUT2D eigenvalue weighted by Crippen LogP contribution is 2.23. The fourth-order valence-corrected chi connectivity index (χ4v) is 1.35. The second-order valence-corrected chi connectivity index (χ2v) is 3.57. The minimum Gasteiger partial charge on any atom is -0.434 e. The summed E-state index contributed by atoms with van der Waals surface area (Å²) in [5.41, 5.74) is 0.726. The number of halogens is 2. The number of rotatable bonds is 4. The molecule has 0 fully saturated rings. The van der Waals surface area contributed by atoms with Gasteiger partial charge in [0.05, 0.1) is 5.69 Å². The maximum Gasteiger partial charge on any atom is 0.239 e. The molecule has 0 bridgehead atoms. The molecule has 0 unspecified atom stereocenters. The SMILES string of the molecule is CNCc1ccc(Oc2cc(F)ccc2F)nn1. The van der Waals surface area contributed by atoms with E-state index in [-0.39, 0.29) is 11.6 Å². The number of benzene rings is 1. The first kappa shape index (κ1) is 12.4. The largest absolute Gasteiger partial charge is 0.434 e. The Labute approximate surface area is 103 Å². The molecule has 0 radical (unpaired) electrons. The zero-order chi connectivity index (χ0) is 13.0. The molecule has 0 aliphatic heterocycles. The van der Waals surface area contributed by atoms with Gasteiger partial charge in [0.15, 0.2) is 11.6 Å². The Kier molecular flexibility index (Phi) is 3.78. The van der Waals surface area contributed by atoms with Crippen LogP contribution in [0.4, 0.5) is 8.78 Å². The highest BCUT2D eigenvalue weighted by molar-refractivity contribution is 5.28. The van der Waals surface area contributed by atoms with E-state index in [4.69, 9.17) is 4.74 Å². The number of ether oxygens (including phenoxy) is 1. The highest BCUT2D eigenvalue weighted by Gasteiger charge is 2.07. The van der Waals surface area contributed by atoms with E-state index >= 15 is 0 Å². The molecule has 0 atom stereocenters. The summed E-state index contributed by atoms with van der Waals surface area (Å²) in [6.07, 6.45) is 0. The van der Waals surface area contributed by atoms with Gasteiger partial charge in [0.1, 0.15) is 5.82 Å². The van der Waals surface area contributed by atoms with Crippen LogP contribution in [0, 0.1) is 11.6 Å². The van der Waals surface area contributed by atoms with Crippen LogP contribution in [0.1, 0.15) is 5.69 Å². The van der Waals surface area contributed by atoms with Crippen molar-refractivity contribution in [2.45, 2.75) is 6.54 Å². The van der Waals surface area contributed by atoms with Crippen molar-refractivity contribution in [1.82, 2.24) is 15.5 Å². The summed E-state index contributed by atoms with van der Waals surface area (Å²) in [5, 5.41) is 10.5. The summed E-state index contributed by atoms with van der Waals surface area (Å²) in [6.45, 7) is 0.571. The van der Waals surface area contributed by atoms with Crippen molar-refractivity contribution in [3.8, 4) is 11.6 Å². The molecule has 0 aliphatic carbocycles. The first-order valence-corrected chi connectivity index (χ1v) is 5.29. The summed E-state index contributed by atoms with van der Waals surface area (Å²) in [4.78, 5) is 0. The van der Waals surface area contributed by atoms with E-state index < -0.39 is 11.6 Å². The van der Waals surface area contributed by atoms with Gasteiger partial charge in [-0.2, -0.15) is 5.10 Å². The fraction of sp³-hybridized carbons (Fsp3) is 0.167. The van der Waals surface area contributed by atoms with Gasteiger partial charge in [0.25, 0.3) is 0 Å². The normalized spacial score (nSPS) is 10.4. The fourth-order valence-electron chi connectivity index (χ4n) is 1.35. The summed E-state index contributed by atoms with van der Waals surface area (Å²) < 4.78 is 31.3. The lowest BCUT2D eigenvalue weighted by Crippen LogP contribution is -2.07. The van der Waals surface area contributed by atoms with Crippen LogP contribution in [0.25, 0.3) is 0 Å². The lowest BCUT2D eigenvalue weighted by Gasteiger charge is -2.05. The third-order valence-electron chi connectivity index (χ3n) is 2.16. The number of hydrogen-bond donors (Lipinski definition) is 1. The lowest BCUT2D eigenvalue weighted by atomic mass is 10.3. The van der Waals surface area contributed by atoms with Crippen LogP contribution in [-0.4, -0.2) is 17.2 Å². The van der Waals surface area contributed by atoms with Gasteiger partial charge in [-0.15, -0.1) is 5.10 Å². The zero-order valence-electron chi connectivity index (χ0n) is 9.65. The van der Waals surface area contributed by atoms with Crippen LogP contribution < -0.4 is 10.1 Å². The van der Waals surface area contributed by atoms with E-state index in [1.165, 1.54) is 0 Å². The second kappa shape index (κ2) is 5.50. The van der Waals surface area contributed by atoms with Crippen LogP contribution in [-0.2, 0) is 6.54 Å². The minimum atomic E-state index is -0.655. The van der Waals surface area contributed by atoms with Crippen molar-refractivity contribution in [3.63, 3.8) is 0 Å². The Bertz CT molecular complexity index is 531. The van der Waals surface area contributed by atoms with Gasteiger partial charge < -0.3 is 10.1 Å². The van der Waals surface area contributed by atoms with Crippen molar-refractivity contribution in [2.75, 3.05) is 7.05 Å². The van der Waals surface area contributed by atoms with Crippen molar-refractivity contribution >= 4 is 0 Å². The number of nitrogens with one attached hydrogen (secondary N) is 1. The standard InChI is InChI=1S/C12H11F2N3O/c1-15-7-9-3-5-12(17-16-9)18-11-6-8(13)2-4-10(11)14/h2-6,15H,7H2,1H3. The van der Waals surface area contributed by atoms with E-state index in [0.29, 0.717) is 6.54 Å². The molecule has 0 aliphatic rings. The predicted molar refractivity (Wildman–Crippen MR) is 61.2 cm³/mol. The Balaban J connectivity index is 2.15. The predicted octanol–water partition coefficient (Wildman–Crippen LogP) is 2.27. The van der Waals surface area contributed by atoms with Crippen LogP contribution in [0.2, 0.25) is 0 Å². The van der Waals surface area contributed by atoms with Crippen LogP contribution in [0.3, 0.4) is 0 Å².